The second kappa shape index (κ2) is 6.86. The van der Waals surface area contributed by atoms with Crippen LogP contribution < -0.4 is 10.6 Å². The fourth-order valence-electron chi connectivity index (χ4n) is 1.38. The van der Waals surface area contributed by atoms with E-state index < -0.39 is 0 Å². The van der Waals surface area contributed by atoms with Crippen LogP contribution in [0.5, 0.6) is 0 Å². The van der Waals surface area contributed by atoms with E-state index in [1.165, 1.54) is 0 Å². The molecule has 0 aliphatic rings. The van der Waals surface area contributed by atoms with Gasteiger partial charge in [0.15, 0.2) is 0 Å². The van der Waals surface area contributed by atoms with Crippen molar-refractivity contribution >= 4 is 5.91 Å². The summed E-state index contributed by atoms with van der Waals surface area (Å²) in [6.07, 6.45) is 0.807. The Bertz CT molecular complexity index is 215. The molecule has 4 nitrogen and oxygen atoms in total. The van der Waals surface area contributed by atoms with Gasteiger partial charge < -0.3 is 15.7 Å². The molecule has 1 atom stereocenters. The minimum Gasteiger partial charge on any atom is -0.396 e. The molecule has 0 aromatic heterocycles. The number of carbonyl (C=O) groups is 1. The molecule has 0 aliphatic carbocycles. The highest BCUT2D eigenvalue weighted by Gasteiger charge is 2.22. The summed E-state index contributed by atoms with van der Waals surface area (Å²) >= 11 is 0. The summed E-state index contributed by atoms with van der Waals surface area (Å²) in [4.78, 5) is 11.6. The molecule has 0 saturated heterocycles. The first-order valence-electron chi connectivity index (χ1n) is 5.88. The van der Waals surface area contributed by atoms with Gasteiger partial charge in [-0.2, -0.15) is 0 Å². The number of hydrogen-bond donors (Lipinski definition) is 3. The molecule has 0 aliphatic heterocycles. The van der Waals surface area contributed by atoms with Crippen LogP contribution in [0.25, 0.3) is 0 Å². The Labute approximate surface area is 98.8 Å². The molecule has 0 aromatic rings. The first kappa shape index (κ1) is 15.4. The Balaban J connectivity index is 4.27. The standard InChI is InChI=1S/C12H26N2O2/c1-9(2)6-10(11(16)13-5)14-7-12(3,4)8-15/h9-10,14-15H,6-8H2,1-5H3,(H,13,16). The first-order valence-corrected chi connectivity index (χ1v) is 5.88. The van der Waals surface area contributed by atoms with Gasteiger partial charge in [0.2, 0.25) is 5.91 Å². The number of aliphatic hydroxyl groups is 1. The number of nitrogens with one attached hydrogen (secondary N) is 2. The number of likely N-dealkylation sites (N-methyl/N-ethyl adjacent to an activating group) is 1. The number of hydrogen-bond acceptors (Lipinski definition) is 3. The van der Waals surface area contributed by atoms with Gasteiger partial charge in [0.1, 0.15) is 0 Å². The Hall–Kier alpha value is -0.610. The average Bonchev–Trinajstić information content (AvgIpc) is 2.22. The summed E-state index contributed by atoms with van der Waals surface area (Å²) < 4.78 is 0. The number of aliphatic hydroxyl groups excluding tert-OH is 1. The van der Waals surface area contributed by atoms with Gasteiger partial charge in [-0.15, -0.1) is 0 Å². The van der Waals surface area contributed by atoms with Gasteiger partial charge in [0, 0.05) is 25.6 Å². The fraction of sp³-hybridized carbons (Fsp3) is 0.917. The van der Waals surface area contributed by atoms with E-state index in [2.05, 4.69) is 24.5 Å². The SMILES string of the molecule is CNC(=O)C(CC(C)C)NCC(C)(C)CO. The van der Waals surface area contributed by atoms with Gasteiger partial charge in [0.05, 0.1) is 6.04 Å². The quantitative estimate of drug-likeness (QED) is 0.605. The molecule has 0 aromatic carbocycles. The van der Waals surface area contributed by atoms with Gasteiger partial charge in [-0.3, -0.25) is 4.79 Å². The molecule has 16 heavy (non-hydrogen) atoms. The van der Waals surface area contributed by atoms with Crippen LogP contribution in [0.4, 0.5) is 0 Å². The van der Waals surface area contributed by atoms with Crippen molar-refractivity contribution in [2.24, 2.45) is 11.3 Å². The second-order valence-corrected chi connectivity index (χ2v) is 5.50. The van der Waals surface area contributed by atoms with Crippen molar-refractivity contribution in [2.75, 3.05) is 20.2 Å². The van der Waals surface area contributed by atoms with E-state index in [0.717, 1.165) is 6.42 Å². The lowest BCUT2D eigenvalue weighted by Crippen LogP contribution is -2.47. The van der Waals surface area contributed by atoms with E-state index >= 15 is 0 Å². The summed E-state index contributed by atoms with van der Waals surface area (Å²) in [6.45, 7) is 8.87. The monoisotopic (exact) mass is 230 g/mol. The zero-order chi connectivity index (χ0) is 12.8. The summed E-state index contributed by atoms with van der Waals surface area (Å²) in [5.41, 5.74) is -0.191. The number of rotatable bonds is 7. The largest absolute Gasteiger partial charge is 0.396 e. The second-order valence-electron chi connectivity index (χ2n) is 5.50. The van der Waals surface area contributed by atoms with Gasteiger partial charge in [0.25, 0.3) is 0 Å². The van der Waals surface area contributed by atoms with Gasteiger partial charge in [-0.25, -0.2) is 0 Å². The van der Waals surface area contributed by atoms with Crippen LogP contribution in [-0.2, 0) is 4.79 Å². The third-order valence-electron chi connectivity index (χ3n) is 2.53. The molecule has 1 amide bonds. The molecule has 96 valence electrons. The summed E-state index contributed by atoms with van der Waals surface area (Å²) in [7, 11) is 1.65. The van der Waals surface area contributed by atoms with Crippen molar-refractivity contribution in [1.29, 1.82) is 0 Å². The van der Waals surface area contributed by atoms with Gasteiger partial charge in [-0.1, -0.05) is 27.7 Å². The molecule has 0 rings (SSSR count). The van der Waals surface area contributed by atoms with E-state index in [0.29, 0.717) is 12.5 Å². The topological polar surface area (TPSA) is 61.4 Å². The molecule has 0 saturated carbocycles. The highest BCUT2D eigenvalue weighted by molar-refractivity contribution is 5.81. The van der Waals surface area contributed by atoms with Crippen LogP contribution in [0.15, 0.2) is 0 Å². The third kappa shape index (κ3) is 6.08. The zero-order valence-corrected chi connectivity index (χ0v) is 11.1. The maximum Gasteiger partial charge on any atom is 0.236 e. The molecule has 0 spiro atoms. The molecular formula is C12H26N2O2. The fourth-order valence-corrected chi connectivity index (χ4v) is 1.38. The van der Waals surface area contributed by atoms with E-state index in [1.807, 2.05) is 13.8 Å². The van der Waals surface area contributed by atoms with Crippen LogP contribution in [-0.4, -0.2) is 37.3 Å². The van der Waals surface area contributed by atoms with Gasteiger partial charge >= 0.3 is 0 Å². The van der Waals surface area contributed by atoms with Crippen molar-refractivity contribution in [1.82, 2.24) is 10.6 Å². The van der Waals surface area contributed by atoms with Crippen LogP contribution in [0.3, 0.4) is 0 Å². The molecule has 0 fully saturated rings. The van der Waals surface area contributed by atoms with E-state index in [9.17, 15) is 4.79 Å². The highest BCUT2D eigenvalue weighted by Crippen LogP contribution is 2.13. The molecule has 0 bridgehead atoms. The van der Waals surface area contributed by atoms with Crippen molar-refractivity contribution < 1.29 is 9.90 Å². The lowest BCUT2D eigenvalue weighted by Gasteiger charge is -2.26. The smallest absolute Gasteiger partial charge is 0.236 e. The van der Waals surface area contributed by atoms with Crippen molar-refractivity contribution in [3.05, 3.63) is 0 Å². The molecule has 0 heterocycles. The Morgan fingerprint density at radius 3 is 2.31 bits per heavy atom. The molecule has 1 unspecified atom stereocenters. The van der Waals surface area contributed by atoms with Crippen LogP contribution in [0.2, 0.25) is 0 Å². The van der Waals surface area contributed by atoms with Crippen LogP contribution >= 0.6 is 0 Å². The molecule has 4 heteroatoms. The normalized spacial score (nSPS) is 13.9. The maximum absolute atomic E-state index is 11.6. The summed E-state index contributed by atoms with van der Waals surface area (Å²) in [5.74, 6) is 0.481. The van der Waals surface area contributed by atoms with Crippen molar-refractivity contribution in [3.8, 4) is 0 Å². The lowest BCUT2D eigenvalue weighted by atomic mass is 9.93. The Kier molecular flexibility index (Phi) is 6.60. The lowest BCUT2D eigenvalue weighted by molar-refractivity contribution is -0.123. The number of carbonyl (C=O) groups excluding carboxylic acids is 1. The summed E-state index contributed by atoms with van der Waals surface area (Å²) in [5, 5.41) is 15.0. The van der Waals surface area contributed by atoms with E-state index in [4.69, 9.17) is 5.11 Å². The predicted octanol–water partition coefficient (Wildman–Crippen LogP) is 0.755. The maximum atomic E-state index is 11.6. The minimum atomic E-state index is -0.191. The first-order chi connectivity index (χ1) is 7.32. The minimum absolute atomic E-state index is 0.0161. The molecule has 0 radical (unpaired) electrons. The highest BCUT2D eigenvalue weighted by atomic mass is 16.3. The summed E-state index contributed by atoms with van der Waals surface area (Å²) in [6, 6.07) is -0.171. The third-order valence-corrected chi connectivity index (χ3v) is 2.53. The van der Waals surface area contributed by atoms with E-state index in [1.54, 1.807) is 7.05 Å². The average molecular weight is 230 g/mol. The van der Waals surface area contributed by atoms with Crippen LogP contribution in [0, 0.1) is 11.3 Å². The van der Waals surface area contributed by atoms with E-state index in [-0.39, 0.29) is 24.0 Å². The zero-order valence-electron chi connectivity index (χ0n) is 11.1. The Morgan fingerprint density at radius 2 is 1.94 bits per heavy atom. The molecule has 3 N–H and O–H groups in total. The molecular weight excluding hydrogens is 204 g/mol. The van der Waals surface area contributed by atoms with Crippen molar-refractivity contribution in [2.45, 2.75) is 40.2 Å². The Morgan fingerprint density at radius 1 is 1.38 bits per heavy atom. The van der Waals surface area contributed by atoms with Gasteiger partial charge in [-0.05, 0) is 12.3 Å². The van der Waals surface area contributed by atoms with Crippen molar-refractivity contribution in [3.63, 3.8) is 0 Å². The number of amides is 1. The van der Waals surface area contributed by atoms with Crippen LogP contribution in [0.1, 0.15) is 34.1 Å². The predicted molar refractivity (Wildman–Crippen MR) is 66.2 cm³/mol.